The third kappa shape index (κ3) is 1.57. The largest absolute Gasteiger partial charge is 0.345 e. The summed E-state index contributed by atoms with van der Waals surface area (Å²) in [5.74, 6) is -0.00815. The third-order valence-corrected chi connectivity index (χ3v) is 2.02. The van der Waals surface area contributed by atoms with Gasteiger partial charge in [-0.05, 0) is 12.1 Å². The lowest BCUT2D eigenvalue weighted by atomic mass is 10.2. The van der Waals surface area contributed by atoms with Gasteiger partial charge in [-0.15, -0.1) is 0 Å². The molecule has 14 heavy (non-hydrogen) atoms. The number of imidazole rings is 1. The van der Waals surface area contributed by atoms with Gasteiger partial charge in [-0.2, -0.15) is 4.57 Å². The van der Waals surface area contributed by atoms with Gasteiger partial charge in [0.2, 0.25) is 0 Å². The van der Waals surface area contributed by atoms with Crippen molar-refractivity contribution in [3.63, 3.8) is 0 Å². The Labute approximate surface area is 82.2 Å². The first-order valence-electron chi connectivity index (χ1n) is 4.40. The van der Waals surface area contributed by atoms with Crippen molar-refractivity contribution in [2.24, 2.45) is 7.05 Å². The van der Waals surface area contributed by atoms with Crippen molar-refractivity contribution < 1.29 is 9.36 Å². The monoisotopic (exact) mass is 187 g/mol. The topological polar surface area (TPSA) is 25.9 Å². The van der Waals surface area contributed by atoms with Gasteiger partial charge in [0, 0.05) is 0 Å². The lowest BCUT2D eigenvalue weighted by Gasteiger charge is -1.93. The summed E-state index contributed by atoms with van der Waals surface area (Å²) in [7, 11) is 1.88. The van der Waals surface area contributed by atoms with Crippen molar-refractivity contribution >= 4 is 5.91 Å². The fourth-order valence-electron chi connectivity index (χ4n) is 1.30. The van der Waals surface area contributed by atoms with Gasteiger partial charge in [0.15, 0.2) is 0 Å². The Bertz CT molecular complexity index is 445. The first-order valence-corrected chi connectivity index (χ1v) is 4.40. The maximum Gasteiger partial charge on any atom is 0.345 e. The molecule has 2 rings (SSSR count). The molecule has 0 spiro atoms. The molecule has 2 aromatic rings. The van der Waals surface area contributed by atoms with Crippen LogP contribution >= 0.6 is 0 Å². The van der Waals surface area contributed by atoms with E-state index in [0.717, 1.165) is 0 Å². The third-order valence-electron chi connectivity index (χ3n) is 2.02. The highest BCUT2D eigenvalue weighted by Gasteiger charge is 2.13. The molecule has 0 aliphatic carbocycles. The molecular formula is C11H11N2O+. The maximum absolute atomic E-state index is 11.8. The van der Waals surface area contributed by atoms with Crippen LogP contribution in [0.1, 0.15) is 10.4 Å². The van der Waals surface area contributed by atoms with Crippen molar-refractivity contribution in [3.05, 3.63) is 54.6 Å². The lowest BCUT2D eigenvalue weighted by molar-refractivity contribution is -0.670. The van der Waals surface area contributed by atoms with Gasteiger partial charge in [0.1, 0.15) is 12.4 Å². The normalized spacial score (nSPS) is 10.1. The molecule has 0 bridgehead atoms. The highest BCUT2D eigenvalue weighted by molar-refractivity contribution is 5.95. The molecule has 0 saturated heterocycles. The van der Waals surface area contributed by atoms with Gasteiger partial charge >= 0.3 is 5.91 Å². The number of aromatic nitrogens is 2. The lowest BCUT2D eigenvalue weighted by Crippen LogP contribution is -2.25. The zero-order chi connectivity index (χ0) is 9.97. The van der Waals surface area contributed by atoms with Crippen LogP contribution in [0.4, 0.5) is 0 Å². The molecule has 0 saturated carbocycles. The Morgan fingerprint density at radius 3 is 2.57 bits per heavy atom. The minimum absolute atomic E-state index is 0.00815. The zero-order valence-corrected chi connectivity index (χ0v) is 7.92. The van der Waals surface area contributed by atoms with Crippen LogP contribution < -0.4 is 4.57 Å². The zero-order valence-electron chi connectivity index (χ0n) is 7.92. The number of carbonyl (C=O) groups is 1. The quantitative estimate of drug-likeness (QED) is 0.612. The summed E-state index contributed by atoms with van der Waals surface area (Å²) in [5, 5.41) is 0. The molecule has 1 heterocycles. The minimum Gasteiger partial charge on any atom is -0.240 e. The average Bonchev–Trinajstić information content (AvgIpc) is 2.65. The number of hydrogen-bond donors (Lipinski definition) is 0. The van der Waals surface area contributed by atoms with E-state index in [1.165, 1.54) is 0 Å². The van der Waals surface area contributed by atoms with Crippen molar-refractivity contribution in [1.29, 1.82) is 0 Å². The van der Waals surface area contributed by atoms with E-state index in [1.807, 2.05) is 48.1 Å². The molecule has 0 radical (unpaired) electrons. The van der Waals surface area contributed by atoms with Crippen LogP contribution in [0.5, 0.6) is 0 Å². The highest BCUT2D eigenvalue weighted by atomic mass is 16.2. The van der Waals surface area contributed by atoms with Crippen LogP contribution in [0.15, 0.2) is 49.1 Å². The SMILES string of the molecule is C[n+]1ccn(C(=O)c2ccccc2)c1. The second-order valence-corrected chi connectivity index (χ2v) is 3.16. The minimum atomic E-state index is -0.00815. The van der Waals surface area contributed by atoms with Crippen molar-refractivity contribution in [1.82, 2.24) is 4.57 Å². The molecule has 0 atom stereocenters. The Kier molecular flexibility index (Phi) is 2.14. The van der Waals surface area contributed by atoms with Gasteiger partial charge in [0.05, 0.1) is 12.6 Å². The summed E-state index contributed by atoms with van der Waals surface area (Å²) >= 11 is 0. The Morgan fingerprint density at radius 2 is 2.00 bits per heavy atom. The van der Waals surface area contributed by atoms with E-state index >= 15 is 0 Å². The Hall–Kier alpha value is -1.90. The molecule has 0 amide bonds. The van der Waals surface area contributed by atoms with Crippen molar-refractivity contribution in [3.8, 4) is 0 Å². The van der Waals surface area contributed by atoms with Crippen LogP contribution in [0.2, 0.25) is 0 Å². The van der Waals surface area contributed by atoms with Gasteiger partial charge in [0.25, 0.3) is 6.33 Å². The molecule has 1 aromatic heterocycles. The Morgan fingerprint density at radius 1 is 1.29 bits per heavy atom. The summed E-state index contributed by atoms with van der Waals surface area (Å²) in [4.78, 5) is 11.8. The van der Waals surface area contributed by atoms with E-state index in [4.69, 9.17) is 0 Å². The molecular weight excluding hydrogens is 176 g/mol. The number of rotatable bonds is 1. The second-order valence-electron chi connectivity index (χ2n) is 3.16. The maximum atomic E-state index is 11.8. The molecule has 0 aliphatic heterocycles. The summed E-state index contributed by atoms with van der Waals surface area (Å²) in [6.45, 7) is 0. The highest BCUT2D eigenvalue weighted by Crippen LogP contribution is 2.01. The van der Waals surface area contributed by atoms with Crippen molar-refractivity contribution in [2.45, 2.75) is 0 Å². The number of benzene rings is 1. The Balaban J connectivity index is 2.34. The second kappa shape index (κ2) is 3.46. The summed E-state index contributed by atoms with van der Waals surface area (Å²) in [6.07, 6.45) is 5.32. The average molecular weight is 187 g/mol. The summed E-state index contributed by atoms with van der Waals surface area (Å²) in [6, 6.07) is 9.23. The smallest absolute Gasteiger partial charge is 0.240 e. The molecule has 70 valence electrons. The van der Waals surface area contributed by atoms with E-state index in [0.29, 0.717) is 5.56 Å². The van der Waals surface area contributed by atoms with Crippen LogP contribution in [0.3, 0.4) is 0 Å². The number of hydrogen-bond acceptors (Lipinski definition) is 1. The summed E-state index contributed by atoms with van der Waals surface area (Å²) in [5.41, 5.74) is 0.698. The van der Waals surface area contributed by atoms with Crippen molar-refractivity contribution in [2.75, 3.05) is 0 Å². The van der Waals surface area contributed by atoms with Crippen LogP contribution in [0, 0.1) is 0 Å². The molecule has 0 N–H and O–H groups in total. The molecule has 3 nitrogen and oxygen atoms in total. The van der Waals surface area contributed by atoms with E-state index in [-0.39, 0.29) is 5.91 Å². The van der Waals surface area contributed by atoms with E-state index in [2.05, 4.69) is 0 Å². The molecule has 3 heteroatoms. The first kappa shape index (κ1) is 8.69. The molecule has 0 unspecified atom stereocenters. The summed E-state index contributed by atoms with van der Waals surface area (Å²) < 4.78 is 3.40. The fourth-order valence-corrected chi connectivity index (χ4v) is 1.30. The standard InChI is InChI=1S/C11H11N2O/c1-12-7-8-13(9-12)11(14)10-5-3-2-4-6-10/h2-9H,1H3/q+1. The fraction of sp³-hybridized carbons (Fsp3) is 0.0909. The van der Waals surface area contributed by atoms with Gasteiger partial charge in [-0.1, -0.05) is 18.2 Å². The van der Waals surface area contributed by atoms with Crippen LogP contribution in [-0.2, 0) is 7.05 Å². The first-order chi connectivity index (χ1) is 6.77. The molecule has 0 aliphatic rings. The van der Waals surface area contributed by atoms with Gasteiger partial charge < -0.3 is 0 Å². The van der Waals surface area contributed by atoms with E-state index < -0.39 is 0 Å². The van der Waals surface area contributed by atoms with E-state index in [1.54, 1.807) is 17.1 Å². The number of carbonyl (C=O) groups excluding carboxylic acids is 1. The molecule has 1 aromatic carbocycles. The van der Waals surface area contributed by atoms with Crippen LogP contribution in [-0.4, -0.2) is 10.5 Å². The molecule has 0 fully saturated rings. The number of nitrogens with zero attached hydrogens (tertiary/aromatic N) is 2. The van der Waals surface area contributed by atoms with E-state index in [9.17, 15) is 4.79 Å². The van der Waals surface area contributed by atoms with Crippen LogP contribution in [0.25, 0.3) is 0 Å². The predicted octanol–water partition coefficient (Wildman–Crippen LogP) is 1.00. The predicted molar refractivity (Wildman–Crippen MR) is 51.8 cm³/mol. The van der Waals surface area contributed by atoms with Gasteiger partial charge in [-0.25, -0.2) is 9.36 Å². The number of aryl methyl sites for hydroxylation is 1. The van der Waals surface area contributed by atoms with Gasteiger partial charge in [-0.3, -0.25) is 0 Å².